The number of alkyl halides is 1. The second-order valence-electron chi connectivity index (χ2n) is 2.20. The molecule has 1 atom stereocenters. The highest BCUT2D eigenvalue weighted by atomic mass is 79.9. The predicted octanol–water partition coefficient (Wildman–Crippen LogP) is 3.89. The van der Waals surface area contributed by atoms with E-state index in [0.29, 0.717) is 4.83 Å². The molecule has 0 spiro atoms. The third-order valence-corrected chi connectivity index (χ3v) is 3.55. The lowest BCUT2D eigenvalue weighted by Crippen LogP contribution is -2.00. The van der Waals surface area contributed by atoms with Gasteiger partial charge in [0, 0.05) is 4.83 Å². The smallest absolute Gasteiger partial charge is 0.0515 e. The molecule has 1 unspecified atom stereocenters. The van der Waals surface area contributed by atoms with Crippen LogP contribution in [0.4, 0.5) is 0 Å². The fourth-order valence-corrected chi connectivity index (χ4v) is 1.13. The van der Waals surface area contributed by atoms with E-state index < -0.39 is 0 Å². The Morgan fingerprint density at radius 3 is 2.44 bits per heavy atom. The van der Waals surface area contributed by atoms with E-state index in [-0.39, 0.29) is 0 Å². The van der Waals surface area contributed by atoms with Gasteiger partial charge in [0.15, 0.2) is 0 Å². The Labute approximate surface area is 74.7 Å². The Morgan fingerprint density at radius 2 is 2.11 bits per heavy atom. The van der Waals surface area contributed by atoms with Gasteiger partial charge in [-0.2, -0.15) is 0 Å². The highest BCUT2D eigenvalue weighted by Crippen LogP contribution is 2.25. The van der Waals surface area contributed by atoms with Gasteiger partial charge in [-0.3, -0.25) is 0 Å². The van der Waals surface area contributed by atoms with Gasteiger partial charge < -0.3 is 0 Å². The van der Waals surface area contributed by atoms with E-state index in [1.54, 1.807) is 0 Å². The minimum Gasteiger partial charge on any atom is -0.0875 e. The monoisotopic (exact) mass is 255 g/mol. The molecule has 0 amide bonds. The minimum absolute atomic E-state index is 0.567. The van der Waals surface area contributed by atoms with Gasteiger partial charge in [0.1, 0.15) is 0 Å². The molecule has 0 fully saturated rings. The van der Waals surface area contributed by atoms with E-state index in [9.17, 15) is 0 Å². The van der Waals surface area contributed by atoms with Crippen LogP contribution in [0, 0.1) is 4.83 Å². The summed E-state index contributed by atoms with van der Waals surface area (Å²) in [5, 5.41) is 0. The van der Waals surface area contributed by atoms with E-state index in [0.717, 1.165) is 0 Å². The van der Waals surface area contributed by atoms with Gasteiger partial charge in [-0.1, -0.05) is 51.6 Å². The summed E-state index contributed by atoms with van der Waals surface area (Å²) in [4.78, 5) is 1.87. The third kappa shape index (κ3) is 5.41. The van der Waals surface area contributed by atoms with Crippen LogP contribution in [0.3, 0.4) is 0 Å². The van der Waals surface area contributed by atoms with Crippen molar-refractivity contribution in [2.24, 2.45) is 0 Å². The van der Waals surface area contributed by atoms with E-state index in [1.807, 2.05) is 0 Å². The van der Waals surface area contributed by atoms with Gasteiger partial charge in [0.05, 0.1) is 4.83 Å². The maximum Gasteiger partial charge on any atom is 0.0515 e. The Bertz CT molecular complexity index is 61.9. The lowest BCUT2D eigenvalue weighted by Gasteiger charge is -2.09. The Morgan fingerprint density at radius 1 is 1.56 bits per heavy atom. The van der Waals surface area contributed by atoms with Gasteiger partial charge in [-0.25, -0.2) is 0 Å². The first-order chi connectivity index (χ1) is 4.18. The molecule has 0 N–H and O–H groups in total. The average molecular weight is 257 g/mol. The number of rotatable bonds is 4. The van der Waals surface area contributed by atoms with E-state index >= 15 is 0 Å². The van der Waals surface area contributed by atoms with Crippen molar-refractivity contribution >= 4 is 31.9 Å². The summed E-state index contributed by atoms with van der Waals surface area (Å²) in [5.41, 5.74) is 0. The molecule has 0 nitrogen and oxygen atoms in total. The van der Waals surface area contributed by atoms with Crippen LogP contribution < -0.4 is 0 Å². The summed E-state index contributed by atoms with van der Waals surface area (Å²) in [6.45, 7) is 4.30. The maximum atomic E-state index is 3.56. The lowest BCUT2D eigenvalue weighted by atomic mass is 10.2. The first-order valence-corrected chi connectivity index (χ1v) is 5.02. The van der Waals surface area contributed by atoms with Crippen LogP contribution in [0.15, 0.2) is 0 Å². The van der Waals surface area contributed by atoms with Crippen molar-refractivity contribution < 1.29 is 0 Å². The molecule has 9 heavy (non-hydrogen) atoms. The largest absolute Gasteiger partial charge is 0.0875 e. The van der Waals surface area contributed by atoms with Crippen LogP contribution >= 0.6 is 31.9 Å². The van der Waals surface area contributed by atoms with Crippen LogP contribution in [0.5, 0.6) is 0 Å². The van der Waals surface area contributed by atoms with Gasteiger partial charge in [0.2, 0.25) is 0 Å². The Kier molecular flexibility index (Phi) is 6.33. The summed E-state index contributed by atoms with van der Waals surface area (Å²) in [5.74, 6) is 0. The van der Waals surface area contributed by atoms with Crippen molar-refractivity contribution in [3.05, 3.63) is 4.83 Å². The topological polar surface area (TPSA) is 0 Å². The average Bonchev–Trinajstić information content (AvgIpc) is 1.82. The number of hydrogen-bond donors (Lipinski definition) is 0. The molecule has 0 saturated carbocycles. The first-order valence-electron chi connectivity index (χ1n) is 3.31. The van der Waals surface area contributed by atoms with Crippen LogP contribution in [0.2, 0.25) is 0 Å². The molecular formula is C7H13Br2. The van der Waals surface area contributed by atoms with Gasteiger partial charge in [-0.05, 0) is 13.3 Å². The molecule has 1 radical (unpaired) electrons. The van der Waals surface area contributed by atoms with Crippen molar-refractivity contribution in [3.63, 3.8) is 0 Å². The molecule has 0 rings (SSSR count). The number of halogens is 2. The summed E-state index contributed by atoms with van der Waals surface area (Å²) in [6, 6.07) is 0. The van der Waals surface area contributed by atoms with Crippen molar-refractivity contribution in [2.45, 2.75) is 37.9 Å². The second kappa shape index (κ2) is 5.72. The maximum absolute atomic E-state index is 3.56. The molecule has 0 heterocycles. The molecule has 0 aromatic heterocycles. The van der Waals surface area contributed by atoms with Crippen LogP contribution in [0.25, 0.3) is 0 Å². The fourth-order valence-electron chi connectivity index (χ4n) is 0.582. The predicted molar refractivity (Wildman–Crippen MR) is 50.1 cm³/mol. The molecule has 2 heteroatoms. The summed E-state index contributed by atoms with van der Waals surface area (Å²) in [6.07, 6.45) is 3.83. The summed E-state index contributed by atoms with van der Waals surface area (Å²) < 4.78 is 0. The van der Waals surface area contributed by atoms with Crippen LogP contribution in [0.1, 0.15) is 33.1 Å². The van der Waals surface area contributed by atoms with Gasteiger partial charge >= 0.3 is 0 Å². The zero-order valence-electron chi connectivity index (χ0n) is 5.95. The molecule has 55 valence electrons. The normalized spacial score (nSPS) is 14.3. The standard InChI is InChI=1S/C7H13Br2/c1-3-4-5-7(9)6(2)8/h7H,3-5H2,1-2H3. The second-order valence-corrected chi connectivity index (χ2v) is 4.55. The SMILES string of the molecule is CCCCC(Br)[C](C)Br. The van der Waals surface area contributed by atoms with Crippen molar-refractivity contribution in [3.8, 4) is 0 Å². The molecule has 0 aliphatic carbocycles. The third-order valence-electron chi connectivity index (χ3n) is 1.24. The Hall–Kier alpha value is 0.960. The summed E-state index contributed by atoms with van der Waals surface area (Å²) in [7, 11) is 0. The van der Waals surface area contributed by atoms with Crippen molar-refractivity contribution in [1.82, 2.24) is 0 Å². The minimum atomic E-state index is 0.567. The molecule has 0 aliphatic heterocycles. The highest BCUT2D eigenvalue weighted by molar-refractivity contribution is 9.13. The van der Waals surface area contributed by atoms with Crippen LogP contribution in [-0.2, 0) is 0 Å². The Balaban J connectivity index is 3.16. The lowest BCUT2D eigenvalue weighted by molar-refractivity contribution is 0.722. The zero-order chi connectivity index (χ0) is 7.28. The first kappa shape index (κ1) is 9.96. The zero-order valence-corrected chi connectivity index (χ0v) is 9.13. The van der Waals surface area contributed by atoms with E-state index in [4.69, 9.17) is 0 Å². The van der Waals surface area contributed by atoms with Crippen LogP contribution in [-0.4, -0.2) is 4.83 Å². The highest BCUT2D eigenvalue weighted by Gasteiger charge is 2.09. The fraction of sp³-hybridized carbons (Fsp3) is 0.857. The molecule has 0 aliphatic rings. The van der Waals surface area contributed by atoms with Gasteiger partial charge in [0.25, 0.3) is 0 Å². The molecule has 0 bridgehead atoms. The van der Waals surface area contributed by atoms with E-state index in [1.165, 1.54) is 24.1 Å². The molecule has 0 aromatic rings. The quantitative estimate of drug-likeness (QED) is 0.670. The molecular weight excluding hydrogens is 244 g/mol. The molecule has 0 saturated heterocycles. The van der Waals surface area contributed by atoms with E-state index in [2.05, 4.69) is 45.7 Å². The van der Waals surface area contributed by atoms with Crippen molar-refractivity contribution in [1.29, 1.82) is 0 Å². The number of hydrogen-bond acceptors (Lipinski definition) is 0. The van der Waals surface area contributed by atoms with Crippen molar-refractivity contribution in [2.75, 3.05) is 0 Å². The number of unbranched alkanes of at least 4 members (excludes halogenated alkanes) is 1. The molecule has 0 aromatic carbocycles. The van der Waals surface area contributed by atoms with Gasteiger partial charge in [-0.15, -0.1) is 0 Å². The summed E-state index contributed by atoms with van der Waals surface area (Å²) >= 11 is 7.00.